The number of aliphatic hydroxyl groups is 1. The second kappa shape index (κ2) is 5.54. The summed E-state index contributed by atoms with van der Waals surface area (Å²) in [4.78, 5) is 0. The maximum atomic E-state index is 8.66. The van der Waals surface area contributed by atoms with Crippen molar-refractivity contribution in [3.63, 3.8) is 0 Å². The average molecular weight is 195 g/mol. The molecule has 0 bridgehead atoms. The number of hydrogen-bond acceptors (Lipinski definition) is 4. The third kappa shape index (κ3) is 3.70. The minimum absolute atomic E-state index is 0.242. The van der Waals surface area contributed by atoms with E-state index in [1.165, 1.54) is 0 Å². The first-order valence-corrected chi connectivity index (χ1v) is 4.90. The highest BCUT2D eigenvalue weighted by Crippen LogP contribution is 2.06. The van der Waals surface area contributed by atoms with Crippen LogP contribution in [0.25, 0.3) is 0 Å². The summed E-state index contributed by atoms with van der Waals surface area (Å²) in [6.45, 7) is 4.22. The second-order valence-electron chi connectivity index (χ2n) is 3.47. The predicted octanol–water partition coefficient (Wildman–Crippen LogP) is 1.36. The van der Waals surface area contributed by atoms with Gasteiger partial charge >= 0.3 is 0 Å². The topological polar surface area (TPSA) is 58.0 Å². The Morgan fingerprint density at radius 2 is 2.21 bits per heavy atom. The number of aryl methyl sites for hydroxylation is 1. The van der Waals surface area contributed by atoms with E-state index in [2.05, 4.69) is 22.4 Å². The number of anilines is 1. The van der Waals surface area contributed by atoms with Gasteiger partial charge in [0.15, 0.2) is 0 Å². The van der Waals surface area contributed by atoms with Crippen LogP contribution >= 0.6 is 0 Å². The summed E-state index contributed by atoms with van der Waals surface area (Å²) < 4.78 is 0. The van der Waals surface area contributed by atoms with Crippen molar-refractivity contribution in [3.8, 4) is 0 Å². The van der Waals surface area contributed by atoms with Gasteiger partial charge in [0.2, 0.25) is 0 Å². The van der Waals surface area contributed by atoms with E-state index in [9.17, 15) is 0 Å². The van der Waals surface area contributed by atoms with E-state index in [0.717, 1.165) is 24.4 Å². The van der Waals surface area contributed by atoms with E-state index >= 15 is 0 Å². The minimum Gasteiger partial charge on any atom is -0.396 e. The SMILES string of the molecule is Cc1ccc(NC(C)CCCO)nn1. The van der Waals surface area contributed by atoms with Crippen LogP contribution in [0.2, 0.25) is 0 Å². The molecule has 0 aliphatic rings. The fraction of sp³-hybridized carbons (Fsp3) is 0.600. The van der Waals surface area contributed by atoms with Crippen LogP contribution in [0.15, 0.2) is 12.1 Å². The highest BCUT2D eigenvalue weighted by atomic mass is 16.2. The van der Waals surface area contributed by atoms with Gasteiger partial charge in [-0.25, -0.2) is 0 Å². The highest BCUT2D eigenvalue weighted by Gasteiger charge is 2.02. The summed E-state index contributed by atoms with van der Waals surface area (Å²) >= 11 is 0. The smallest absolute Gasteiger partial charge is 0.148 e. The fourth-order valence-electron chi connectivity index (χ4n) is 1.20. The Balaban J connectivity index is 2.39. The molecule has 0 fully saturated rings. The molecule has 1 heterocycles. The Morgan fingerprint density at radius 3 is 2.79 bits per heavy atom. The quantitative estimate of drug-likeness (QED) is 0.744. The molecule has 0 amide bonds. The fourth-order valence-corrected chi connectivity index (χ4v) is 1.20. The number of rotatable bonds is 5. The van der Waals surface area contributed by atoms with Gasteiger partial charge in [-0.3, -0.25) is 0 Å². The first-order valence-electron chi connectivity index (χ1n) is 4.90. The molecule has 0 saturated carbocycles. The van der Waals surface area contributed by atoms with E-state index in [1.54, 1.807) is 0 Å². The van der Waals surface area contributed by atoms with Gasteiger partial charge in [0, 0.05) is 12.6 Å². The first-order chi connectivity index (χ1) is 6.72. The van der Waals surface area contributed by atoms with E-state index in [-0.39, 0.29) is 6.61 Å². The monoisotopic (exact) mass is 195 g/mol. The van der Waals surface area contributed by atoms with Crippen LogP contribution in [-0.4, -0.2) is 28.0 Å². The lowest BCUT2D eigenvalue weighted by atomic mass is 10.2. The van der Waals surface area contributed by atoms with Crippen LogP contribution in [0, 0.1) is 6.92 Å². The lowest BCUT2D eigenvalue weighted by Crippen LogP contribution is -2.16. The maximum Gasteiger partial charge on any atom is 0.148 e. The van der Waals surface area contributed by atoms with Gasteiger partial charge in [-0.05, 0) is 38.8 Å². The molecule has 1 aromatic rings. The lowest BCUT2D eigenvalue weighted by molar-refractivity contribution is 0.282. The lowest BCUT2D eigenvalue weighted by Gasteiger charge is -2.12. The van der Waals surface area contributed by atoms with Crippen LogP contribution < -0.4 is 5.32 Å². The molecule has 0 spiro atoms. The molecule has 1 unspecified atom stereocenters. The maximum absolute atomic E-state index is 8.66. The van der Waals surface area contributed by atoms with Gasteiger partial charge in [-0.2, -0.15) is 5.10 Å². The van der Waals surface area contributed by atoms with Crippen LogP contribution in [0.1, 0.15) is 25.5 Å². The van der Waals surface area contributed by atoms with Gasteiger partial charge in [0.05, 0.1) is 5.69 Å². The number of nitrogens with one attached hydrogen (secondary N) is 1. The zero-order valence-corrected chi connectivity index (χ0v) is 8.70. The second-order valence-corrected chi connectivity index (χ2v) is 3.47. The van der Waals surface area contributed by atoms with E-state index in [4.69, 9.17) is 5.11 Å². The third-order valence-electron chi connectivity index (χ3n) is 1.99. The first kappa shape index (κ1) is 10.9. The molecule has 1 aromatic heterocycles. The van der Waals surface area contributed by atoms with Crippen molar-refractivity contribution in [2.75, 3.05) is 11.9 Å². The molecule has 1 rings (SSSR count). The zero-order chi connectivity index (χ0) is 10.4. The number of aliphatic hydroxyl groups excluding tert-OH is 1. The highest BCUT2D eigenvalue weighted by molar-refractivity contribution is 5.33. The summed E-state index contributed by atoms with van der Waals surface area (Å²) in [7, 11) is 0. The van der Waals surface area contributed by atoms with Gasteiger partial charge in [0.1, 0.15) is 5.82 Å². The Bertz CT molecular complexity index is 261. The van der Waals surface area contributed by atoms with Crippen molar-refractivity contribution < 1.29 is 5.11 Å². The van der Waals surface area contributed by atoms with Crippen LogP contribution in [0.4, 0.5) is 5.82 Å². The molecular formula is C10H17N3O. The average Bonchev–Trinajstić information content (AvgIpc) is 2.18. The van der Waals surface area contributed by atoms with Crippen molar-refractivity contribution in [1.29, 1.82) is 0 Å². The predicted molar refractivity (Wildman–Crippen MR) is 56.2 cm³/mol. The van der Waals surface area contributed by atoms with Gasteiger partial charge in [-0.15, -0.1) is 5.10 Å². The molecule has 2 N–H and O–H groups in total. The Kier molecular flexibility index (Phi) is 4.32. The minimum atomic E-state index is 0.242. The molecule has 78 valence electrons. The molecule has 0 aliphatic carbocycles. The molecule has 0 aliphatic heterocycles. The summed E-state index contributed by atoms with van der Waals surface area (Å²) in [5.41, 5.74) is 0.915. The van der Waals surface area contributed by atoms with Crippen LogP contribution in [0.5, 0.6) is 0 Å². The van der Waals surface area contributed by atoms with Crippen molar-refractivity contribution in [2.45, 2.75) is 32.7 Å². The Morgan fingerprint density at radius 1 is 1.43 bits per heavy atom. The van der Waals surface area contributed by atoms with E-state index in [0.29, 0.717) is 6.04 Å². The molecule has 14 heavy (non-hydrogen) atoms. The van der Waals surface area contributed by atoms with Crippen molar-refractivity contribution in [1.82, 2.24) is 10.2 Å². The molecule has 4 nitrogen and oxygen atoms in total. The molecule has 4 heteroatoms. The summed E-state index contributed by atoms with van der Waals surface area (Å²) in [5, 5.41) is 19.8. The van der Waals surface area contributed by atoms with Gasteiger partial charge in [0.25, 0.3) is 0 Å². The van der Waals surface area contributed by atoms with Crippen molar-refractivity contribution >= 4 is 5.82 Å². The van der Waals surface area contributed by atoms with Crippen LogP contribution in [-0.2, 0) is 0 Å². The van der Waals surface area contributed by atoms with Crippen LogP contribution in [0.3, 0.4) is 0 Å². The normalized spacial score (nSPS) is 12.5. The molecular weight excluding hydrogens is 178 g/mol. The summed E-state index contributed by atoms with van der Waals surface area (Å²) in [6.07, 6.45) is 1.75. The Labute approximate surface area is 84.4 Å². The van der Waals surface area contributed by atoms with Gasteiger partial charge < -0.3 is 10.4 Å². The standard InChI is InChI=1S/C10H17N3O/c1-8(4-3-7-14)11-10-6-5-9(2)12-13-10/h5-6,8,14H,3-4,7H2,1-2H3,(H,11,13). The van der Waals surface area contributed by atoms with Crippen molar-refractivity contribution in [2.24, 2.45) is 0 Å². The number of aromatic nitrogens is 2. The largest absolute Gasteiger partial charge is 0.396 e. The molecule has 0 radical (unpaired) electrons. The van der Waals surface area contributed by atoms with Crippen molar-refractivity contribution in [3.05, 3.63) is 17.8 Å². The number of hydrogen-bond donors (Lipinski definition) is 2. The zero-order valence-electron chi connectivity index (χ0n) is 8.70. The molecule has 0 aromatic carbocycles. The summed E-state index contributed by atoms with van der Waals surface area (Å²) in [6, 6.07) is 4.16. The van der Waals surface area contributed by atoms with Gasteiger partial charge in [-0.1, -0.05) is 0 Å². The third-order valence-corrected chi connectivity index (χ3v) is 1.99. The number of nitrogens with zero attached hydrogens (tertiary/aromatic N) is 2. The summed E-state index contributed by atoms with van der Waals surface area (Å²) in [5.74, 6) is 0.793. The van der Waals surface area contributed by atoms with E-state index in [1.807, 2.05) is 19.1 Å². The molecule has 1 atom stereocenters. The molecule has 0 saturated heterocycles. The van der Waals surface area contributed by atoms with E-state index < -0.39 is 0 Å². The Hall–Kier alpha value is -1.16.